The minimum Gasteiger partial charge on any atom is -0.355 e. The van der Waals surface area contributed by atoms with Crippen LogP contribution in [0, 0.1) is 0 Å². The minimum absolute atomic E-state index is 0.107. The number of benzene rings is 2. The van der Waals surface area contributed by atoms with Crippen molar-refractivity contribution in [1.29, 1.82) is 0 Å². The van der Waals surface area contributed by atoms with Crippen molar-refractivity contribution in [3.05, 3.63) is 63.6 Å². The molecule has 0 spiro atoms. The van der Waals surface area contributed by atoms with Crippen LogP contribution in [-0.2, 0) is 26.2 Å². The van der Waals surface area contributed by atoms with E-state index in [4.69, 9.17) is 11.6 Å². The lowest BCUT2D eigenvalue weighted by Crippen LogP contribution is -2.51. The minimum atomic E-state index is -3.75. The third kappa shape index (κ3) is 7.22. The first-order valence-corrected chi connectivity index (χ1v) is 12.6. The van der Waals surface area contributed by atoms with E-state index in [-0.39, 0.29) is 12.5 Å². The van der Waals surface area contributed by atoms with Crippen molar-refractivity contribution >= 4 is 55.1 Å². The van der Waals surface area contributed by atoms with E-state index >= 15 is 0 Å². The number of amides is 2. The van der Waals surface area contributed by atoms with Crippen molar-refractivity contribution < 1.29 is 18.0 Å². The number of hydrogen-bond donors (Lipinski definition) is 1. The second-order valence-electron chi connectivity index (χ2n) is 6.97. The highest BCUT2D eigenvalue weighted by atomic mass is 79.9. The van der Waals surface area contributed by atoms with Crippen molar-refractivity contribution in [3.63, 3.8) is 0 Å². The molecule has 10 heteroatoms. The van der Waals surface area contributed by atoms with Crippen LogP contribution < -0.4 is 9.62 Å². The van der Waals surface area contributed by atoms with Gasteiger partial charge in [0.2, 0.25) is 21.8 Å². The average molecular weight is 531 g/mol. The van der Waals surface area contributed by atoms with E-state index in [0.717, 1.165) is 20.6 Å². The van der Waals surface area contributed by atoms with Gasteiger partial charge in [0, 0.05) is 22.6 Å². The molecule has 1 atom stereocenters. The summed E-state index contributed by atoms with van der Waals surface area (Å²) in [5, 5.41) is 3.21. The van der Waals surface area contributed by atoms with Crippen LogP contribution >= 0.6 is 27.5 Å². The summed E-state index contributed by atoms with van der Waals surface area (Å²) in [5.74, 6) is -0.834. The zero-order valence-corrected chi connectivity index (χ0v) is 20.7. The maximum absolute atomic E-state index is 13.3. The van der Waals surface area contributed by atoms with Gasteiger partial charge in [0.25, 0.3) is 0 Å². The molecule has 0 aliphatic carbocycles. The topological polar surface area (TPSA) is 86.8 Å². The number of nitrogens with one attached hydrogen (secondary N) is 1. The molecule has 0 unspecified atom stereocenters. The van der Waals surface area contributed by atoms with Crippen LogP contribution in [0.3, 0.4) is 0 Å². The first-order chi connectivity index (χ1) is 14.5. The SMILES string of the molecule is CCNC(=O)[C@@H](C)N(Cc1cccc(Cl)c1)C(=O)CN(c1ccc(Br)cc1)S(C)(=O)=O. The monoisotopic (exact) mass is 529 g/mol. The summed E-state index contributed by atoms with van der Waals surface area (Å²) in [7, 11) is -3.75. The fraction of sp³-hybridized carbons (Fsp3) is 0.333. The highest BCUT2D eigenvalue weighted by Crippen LogP contribution is 2.22. The van der Waals surface area contributed by atoms with Crippen LogP contribution in [0.2, 0.25) is 5.02 Å². The summed E-state index contributed by atoms with van der Waals surface area (Å²) in [5.41, 5.74) is 1.08. The highest BCUT2D eigenvalue weighted by molar-refractivity contribution is 9.10. The van der Waals surface area contributed by atoms with Gasteiger partial charge in [-0.2, -0.15) is 0 Å². The van der Waals surface area contributed by atoms with Gasteiger partial charge in [-0.1, -0.05) is 39.7 Å². The molecular weight excluding hydrogens is 506 g/mol. The van der Waals surface area contributed by atoms with Gasteiger partial charge in [-0.05, 0) is 55.8 Å². The van der Waals surface area contributed by atoms with Gasteiger partial charge >= 0.3 is 0 Å². The smallest absolute Gasteiger partial charge is 0.244 e. The van der Waals surface area contributed by atoms with E-state index in [2.05, 4.69) is 21.2 Å². The van der Waals surface area contributed by atoms with E-state index in [1.165, 1.54) is 4.90 Å². The van der Waals surface area contributed by atoms with Crippen molar-refractivity contribution in [2.45, 2.75) is 26.4 Å². The Morgan fingerprint density at radius 2 is 1.81 bits per heavy atom. The predicted octanol–water partition coefficient (Wildman–Crippen LogP) is 3.42. The van der Waals surface area contributed by atoms with Crippen LogP contribution in [-0.4, -0.2) is 50.5 Å². The van der Waals surface area contributed by atoms with Gasteiger partial charge in [-0.3, -0.25) is 13.9 Å². The average Bonchev–Trinajstić information content (AvgIpc) is 2.70. The lowest BCUT2D eigenvalue weighted by atomic mass is 10.1. The number of carbonyl (C=O) groups excluding carboxylic acids is 2. The Balaban J connectivity index is 2.37. The fourth-order valence-corrected chi connectivity index (χ4v) is 4.28. The molecule has 2 amide bonds. The maximum Gasteiger partial charge on any atom is 0.244 e. The molecule has 0 aliphatic heterocycles. The van der Waals surface area contributed by atoms with Crippen molar-refractivity contribution in [3.8, 4) is 0 Å². The van der Waals surface area contributed by atoms with E-state index < -0.39 is 28.5 Å². The third-order valence-electron chi connectivity index (χ3n) is 4.55. The molecule has 0 bridgehead atoms. The Morgan fingerprint density at radius 3 is 2.35 bits per heavy atom. The van der Waals surface area contributed by atoms with E-state index in [9.17, 15) is 18.0 Å². The van der Waals surface area contributed by atoms with E-state index in [1.54, 1.807) is 62.4 Å². The van der Waals surface area contributed by atoms with Crippen LogP contribution in [0.4, 0.5) is 5.69 Å². The van der Waals surface area contributed by atoms with Gasteiger partial charge < -0.3 is 10.2 Å². The number of sulfonamides is 1. The Kier molecular flexibility index (Phi) is 8.90. The molecule has 0 heterocycles. The molecule has 1 N–H and O–H groups in total. The van der Waals surface area contributed by atoms with Gasteiger partial charge in [0.1, 0.15) is 12.6 Å². The lowest BCUT2D eigenvalue weighted by Gasteiger charge is -2.31. The van der Waals surface area contributed by atoms with Crippen LogP contribution in [0.25, 0.3) is 0 Å². The molecule has 2 aromatic rings. The molecule has 0 fully saturated rings. The van der Waals surface area contributed by atoms with Crippen LogP contribution in [0.15, 0.2) is 53.0 Å². The summed E-state index contributed by atoms with van der Waals surface area (Å²) < 4.78 is 26.7. The van der Waals surface area contributed by atoms with Crippen LogP contribution in [0.5, 0.6) is 0 Å². The summed E-state index contributed by atoms with van der Waals surface area (Å²) in [6.07, 6.45) is 1.04. The lowest BCUT2D eigenvalue weighted by molar-refractivity contribution is -0.139. The van der Waals surface area contributed by atoms with Crippen molar-refractivity contribution in [1.82, 2.24) is 10.2 Å². The molecule has 31 heavy (non-hydrogen) atoms. The number of rotatable bonds is 9. The molecule has 2 aromatic carbocycles. The highest BCUT2D eigenvalue weighted by Gasteiger charge is 2.29. The maximum atomic E-state index is 13.3. The Bertz CT molecular complexity index is 1030. The third-order valence-corrected chi connectivity index (χ3v) is 6.46. The Labute approximate surface area is 196 Å². The molecule has 2 rings (SSSR count). The number of carbonyl (C=O) groups is 2. The zero-order valence-electron chi connectivity index (χ0n) is 17.5. The molecule has 7 nitrogen and oxygen atoms in total. The second-order valence-corrected chi connectivity index (χ2v) is 10.2. The van der Waals surface area contributed by atoms with Crippen LogP contribution in [0.1, 0.15) is 19.4 Å². The molecule has 0 radical (unpaired) electrons. The normalized spacial score (nSPS) is 12.2. The molecule has 0 saturated carbocycles. The quantitative estimate of drug-likeness (QED) is 0.538. The largest absolute Gasteiger partial charge is 0.355 e. The standard InChI is InChI=1S/C21H25BrClN3O4S/c1-4-24-21(28)15(2)25(13-16-6-5-7-18(23)12-16)20(27)14-26(31(3,29)30)19-10-8-17(22)9-11-19/h5-12,15H,4,13-14H2,1-3H3,(H,24,28)/t15-/m1/s1. The molecule has 168 valence electrons. The van der Waals surface area contributed by atoms with Gasteiger partial charge in [-0.25, -0.2) is 8.42 Å². The summed E-state index contributed by atoms with van der Waals surface area (Å²) in [6, 6.07) is 12.7. The van der Waals surface area contributed by atoms with Crippen molar-refractivity contribution in [2.24, 2.45) is 0 Å². The zero-order chi connectivity index (χ0) is 23.2. The summed E-state index contributed by atoms with van der Waals surface area (Å²) in [6.45, 7) is 3.47. The fourth-order valence-electron chi connectivity index (χ4n) is 2.96. The first-order valence-electron chi connectivity index (χ1n) is 9.57. The number of anilines is 1. The van der Waals surface area contributed by atoms with Gasteiger partial charge in [-0.15, -0.1) is 0 Å². The Morgan fingerprint density at radius 1 is 1.16 bits per heavy atom. The molecular formula is C21H25BrClN3O4S. The summed E-state index contributed by atoms with van der Waals surface area (Å²) >= 11 is 9.38. The predicted molar refractivity (Wildman–Crippen MR) is 126 cm³/mol. The number of nitrogens with zero attached hydrogens (tertiary/aromatic N) is 2. The molecule has 0 saturated heterocycles. The second kappa shape index (κ2) is 11.0. The van der Waals surface area contributed by atoms with Gasteiger partial charge in [0.05, 0.1) is 11.9 Å². The van der Waals surface area contributed by atoms with E-state index in [1.807, 2.05) is 0 Å². The molecule has 0 aromatic heterocycles. The summed E-state index contributed by atoms with van der Waals surface area (Å²) in [4.78, 5) is 27.1. The first kappa shape index (κ1) is 25.2. The van der Waals surface area contributed by atoms with Gasteiger partial charge in [0.15, 0.2) is 0 Å². The molecule has 0 aliphatic rings. The number of hydrogen-bond acceptors (Lipinski definition) is 4. The van der Waals surface area contributed by atoms with Crippen molar-refractivity contribution in [2.75, 3.05) is 23.7 Å². The number of halogens is 2. The van der Waals surface area contributed by atoms with E-state index in [0.29, 0.717) is 17.3 Å². The Hall–Kier alpha value is -2.10. The number of likely N-dealkylation sites (N-methyl/N-ethyl adjacent to an activating group) is 1.